The summed E-state index contributed by atoms with van der Waals surface area (Å²) in [4.78, 5) is 0. The molecule has 0 spiro atoms. The summed E-state index contributed by atoms with van der Waals surface area (Å²) < 4.78 is 10.9. The van der Waals surface area contributed by atoms with E-state index in [0.29, 0.717) is 13.2 Å². The van der Waals surface area contributed by atoms with Crippen LogP contribution in [0.15, 0.2) is 0 Å². The molecule has 0 radical (unpaired) electrons. The third-order valence-electron chi connectivity index (χ3n) is 5.06. The number of rotatable bonds is 22. The molecule has 0 aromatic heterocycles. The fourth-order valence-corrected chi connectivity index (χ4v) is 3.30. The van der Waals surface area contributed by atoms with E-state index in [2.05, 4.69) is 6.92 Å². The van der Waals surface area contributed by atoms with Crippen LogP contribution in [0.4, 0.5) is 0 Å². The largest absolute Gasteiger partial charge is 0.394 e. The minimum absolute atomic E-state index is 0.0544. The number of aliphatic hydroxyl groups is 1. The quantitative estimate of drug-likeness (QED) is 0.216. The fourth-order valence-electron chi connectivity index (χ4n) is 3.30. The maximum atomic E-state index is 9.18. The molecule has 0 bridgehead atoms. The lowest BCUT2D eigenvalue weighted by molar-refractivity contribution is -0.0409. The fraction of sp³-hybridized carbons (Fsp3) is 1.00. The minimum Gasteiger partial charge on any atom is -0.394 e. The van der Waals surface area contributed by atoms with Crippen molar-refractivity contribution in [2.75, 3.05) is 26.4 Å². The molecule has 26 heavy (non-hydrogen) atoms. The van der Waals surface area contributed by atoms with Gasteiger partial charge in [-0.25, -0.2) is 0 Å². The standard InChI is InChI=1S/C23H48O3/c1-3-5-6-7-8-9-10-11-12-13-14-15-16-17-18-19-20-26-23(21-24)22-25-4-2/h23-24H,3-22H2,1-2H3/t23-/m0/s1. The molecule has 3 heteroatoms. The van der Waals surface area contributed by atoms with E-state index >= 15 is 0 Å². The monoisotopic (exact) mass is 372 g/mol. The van der Waals surface area contributed by atoms with Crippen molar-refractivity contribution in [3.05, 3.63) is 0 Å². The zero-order valence-electron chi connectivity index (χ0n) is 18.0. The van der Waals surface area contributed by atoms with E-state index in [9.17, 15) is 5.11 Å². The molecule has 0 heterocycles. The van der Waals surface area contributed by atoms with Gasteiger partial charge in [-0.3, -0.25) is 0 Å². The first kappa shape index (κ1) is 25.9. The third-order valence-corrected chi connectivity index (χ3v) is 5.06. The van der Waals surface area contributed by atoms with E-state index < -0.39 is 0 Å². The predicted octanol–water partition coefficient (Wildman–Crippen LogP) is 6.66. The smallest absolute Gasteiger partial charge is 0.104 e. The molecule has 0 saturated heterocycles. The Morgan fingerprint density at radius 2 is 1.04 bits per heavy atom. The molecule has 1 N–H and O–H groups in total. The Morgan fingerprint density at radius 1 is 0.615 bits per heavy atom. The van der Waals surface area contributed by atoms with Crippen LogP contribution < -0.4 is 0 Å². The molecule has 3 nitrogen and oxygen atoms in total. The van der Waals surface area contributed by atoms with E-state index in [0.717, 1.165) is 13.0 Å². The zero-order valence-corrected chi connectivity index (χ0v) is 18.0. The molecule has 158 valence electrons. The number of hydrogen-bond acceptors (Lipinski definition) is 3. The second kappa shape index (κ2) is 22.9. The van der Waals surface area contributed by atoms with Gasteiger partial charge in [-0.1, -0.05) is 103 Å². The van der Waals surface area contributed by atoms with Gasteiger partial charge in [0.2, 0.25) is 0 Å². The van der Waals surface area contributed by atoms with Crippen LogP contribution in [-0.4, -0.2) is 37.6 Å². The summed E-state index contributed by atoms with van der Waals surface area (Å²) in [7, 11) is 0. The van der Waals surface area contributed by atoms with Gasteiger partial charge in [-0.05, 0) is 13.3 Å². The van der Waals surface area contributed by atoms with Crippen molar-refractivity contribution < 1.29 is 14.6 Å². The van der Waals surface area contributed by atoms with Crippen LogP contribution >= 0.6 is 0 Å². The minimum atomic E-state index is -0.147. The highest BCUT2D eigenvalue weighted by atomic mass is 16.5. The Balaban J connectivity index is 3.11. The molecule has 0 aromatic carbocycles. The van der Waals surface area contributed by atoms with Gasteiger partial charge in [0.25, 0.3) is 0 Å². The van der Waals surface area contributed by atoms with Crippen LogP contribution in [0, 0.1) is 0 Å². The summed E-state index contributed by atoms with van der Waals surface area (Å²) in [6, 6.07) is 0. The van der Waals surface area contributed by atoms with Crippen molar-refractivity contribution in [3.8, 4) is 0 Å². The van der Waals surface area contributed by atoms with Gasteiger partial charge in [0.05, 0.1) is 13.2 Å². The summed E-state index contributed by atoms with van der Waals surface area (Å²) >= 11 is 0. The maximum absolute atomic E-state index is 9.18. The van der Waals surface area contributed by atoms with Crippen molar-refractivity contribution >= 4 is 0 Å². The molecular weight excluding hydrogens is 324 g/mol. The maximum Gasteiger partial charge on any atom is 0.104 e. The molecular formula is C23H48O3. The first-order valence-corrected chi connectivity index (χ1v) is 11.6. The molecule has 0 aliphatic carbocycles. The van der Waals surface area contributed by atoms with E-state index in [1.54, 1.807) is 0 Å². The summed E-state index contributed by atoms with van der Waals surface area (Å²) in [6.07, 6.45) is 22.0. The number of ether oxygens (including phenoxy) is 2. The number of hydrogen-bond donors (Lipinski definition) is 1. The summed E-state index contributed by atoms with van der Waals surface area (Å²) in [6.45, 7) is 6.23. The van der Waals surface area contributed by atoms with Crippen LogP contribution in [0.1, 0.15) is 117 Å². The lowest BCUT2D eigenvalue weighted by atomic mass is 10.0. The molecule has 0 saturated carbocycles. The molecule has 0 unspecified atom stereocenters. The highest BCUT2D eigenvalue weighted by molar-refractivity contribution is 4.54. The van der Waals surface area contributed by atoms with Crippen molar-refractivity contribution in [1.29, 1.82) is 0 Å². The average Bonchev–Trinajstić information content (AvgIpc) is 2.66. The lowest BCUT2D eigenvalue weighted by Gasteiger charge is -2.14. The van der Waals surface area contributed by atoms with E-state index in [1.165, 1.54) is 96.3 Å². The topological polar surface area (TPSA) is 38.7 Å². The summed E-state index contributed by atoms with van der Waals surface area (Å²) in [5.74, 6) is 0. The van der Waals surface area contributed by atoms with Crippen molar-refractivity contribution in [3.63, 3.8) is 0 Å². The summed E-state index contributed by atoms with van der Waals surface area (Å²) in [5.41, 5.74) is 0. The van der Waals surface area contributed by atoms with Gasteiger partial charge in [-0.15, -0.1) is 0 Å². The average molecular weight is 373 g/mol. The van der Waals surface area contributed by atoms with Gasteiger partial charge < -0.3 is 14.6 Å². The first-order valence-electron chi connectivity index (χ1n) is 11.6. The molecule has 0 aromatic rings. The Hall–Kier alpha value is -0.120. The van der Waals surface area contributed by atoms with Crippen molar-refractivity contribution in [1.82, 2.24) is 0 Å². The van der Waals surface area contributed by atoms with Gasteiger partial charge in [0.15, 0.2) is 0 Å². The third kappa shape index (κ3) is 20.2. The Kier molecular flexibility index (Phi) is 22.8. The summed E-state index contributed by atoms with van der Waals surface area (Å²) in [5, 5.41) is 9.18. The Bertz CT molecular complexity index is 246. The van der Waals surface area contributed by atoms with Gasteiger partial charge in [0, 0.05) is 13.2 Å². The second-order valence-electron chi connectivity index (χ2n) is 7.64. The highest BCUT2D eigenvalue weighted by Crippen LogP contribution is 2.13. The molecule has 0 amide bonds. The zero-order chi connectivity index (χ0) is 19.1. The molecule has 0 fully saturated rings. The molecule has 0 aliphatic heterocycles. The van der Waals surface area contributed by atoms with Crippen LogP contribution in [-0.2, 0) is 9.47 Å². The van der Waals surface area contributed by atoms with E-state index in [4.69, 9.17) is 9.47 Å². The van der Waals surface area contributed by atoms with Crippen LogP contribution in [0.25, 0.3) is 0 Å². The normalized spacial score (nSPS) is 12.6. The van der Waals surface area contributed by atoms with Crippen LogP contribution in [0.2, 0.25) is 0 Å². The first-order chi connectivity index (χ1) is 12.8. The van der Waals surface area contributed by atoms with Crippen LogP contribution in [0.3, 0.4) is 0 Å². The molecule has 1 atom stereocenters. The van der Waals surface area contributed by atoms with Crippen molar-refractivity contribution in [2.24, 2.45) is 0 Å². The van der Waals surface area contributed by atoms with Crippen LogP contribution in [0.5, 0.6) is 0 Å². The van der Waals surface area contributed by atoms with E-state index in [-0.39, 0.29) is 12.7 Å². The Morgan fingerprint density at radius 3 is 1.42 bits per heavy atom. The lowest BCUT2D eigenvalue weighted by Crippen LogP contribution is -2.24. The van der Waals surface area contributed by atoms with Crippen molar-refractivity contribution in [2.45, 2.75) is 123 Å². The highest BCUT2D eigenvalue weighted by Gasteiger charge is 2.06. The van der Waals surface area contributed by atoms with Gasteiger partial charge >= 0.3 is 0 Å². The predicted molar refractivity (Wildman–Crippen MR) is 113 cm³/mol. The van der Waals surface area contributed by atoms with Gasteiger partial charge in [0.1, 0.15) is 6.10 Å². The second-order valence-corrected chi connectivity index (χ2v) is 7.64. The molecule has 0 aliphatic rings. The SMILES string of the molecule is CCCCCCCCCCCCCCCCCCO[C@@H](CO)COCC. The van der Waals surface area contributed by atoms with Gasteiger partial charge in [-0.2, -0.15) is 0 Å². The van der Waals surface area contributed by atoms with E-state index in [1.807, 2.05) is 6.92 Å². The Labute approximate surface area is 164 Å². The number of aliphatic hydroxyl groups excluding tert-OH is 1. The molecule has 0 rings (SSSR count). The number of unbranched alkanes of at least 4 members (excludes halogenated alkanes) is 15.